The van der Waals surface area contributed by atoms with E-state index < -0.39 is 6.04 Å². The predicted octanol–water partition coefficient (Wildman–Crippen LogP) is -0.277. The number of ether oxygens (including phenoxy) is 1. The topological polar surface area (TPSA) is 67.6 Å². The van der Waals surface area contributed by atoms with Crippen molar-refractivity contribution in [3.63, 3.8) is 0 Å². The van der Waals surface area contributed by atoms with Gasteiger partial charge in [0.25, 0.3) is 5.91 Å². The van der Waals surface area contributed by atoms with E-state index in [-0.39, 0.29) is 11.8 Å². The number of nitrogens with two attached hydrogens (primary N) is 1. The minimum atomic E-state index is -0.419. The first-order chi connectivity index (χ1) is 7.15. The number of hydrazine groups is 1. The van der Waals surface area contributed by atoms with Crippen LogP contribution in [0.25, 0.3) is 0 Å². The van der Waals surface area contributed by atoms with Gasteiger partial charge in [-0.1, -0.05) is 20.3 Å². The summed E-state index contributed by atoms with van der Waals surface area (Å²) in [6.45, 7) is 6.83. The second kappa shape index (κ2) is 6.05. The van der Waals surface area contributed by atoms with E-state index in [1.54, 1.807) is 0 Å². The summed E-state index contributed by atoms with van der Waals surface area (Å²) >= 11 is 0. The van der Waals surface area contributed by atoms with Crippen molar-refractivity contribution in [2.24, 2.45) is 11.7 Å². The zero-order valence-corrected chi connectivity index (χ0v) is 9.53. The molecule has 88 valence electrons. The fourth-order valence-corrected chi connectivity index (χ4v) is 1.42. The van der Waals surface area contributed by atoms with Crippen molar-refractivity contribution in [3.8, 4) is 0 Å². The van der Waals surface area contributed by atoms with Crippen molar-refractivity contribution < 1.29 is 9.53 Å². The lowest BCUT2D eigenvalue weighted by Crippen LogP contribution is -2.54. The Balaban J connectivity index is 2.33. The molecular weight excluding hydrogens is 194 g/mol. The number of hydrogen-bond acceptors (Lipinski definition) is 4. The Morgan fingerprint density at radius 2 is 2.13 bits per heavy atom. The molecule has 0 bridgehead atoms. The molecule has 1 saturated heterocycles. The highest BCUT2D eigenvalue weighted by Gasteiger charge is 2.21. The fourth-order valence-electron chi connectivity index (χ4n) is 1.42. The van der Waals surface area contributed by atoms with Gasteiger partial charge in [-0.2, -0.15) is 0 Å². The average Bonchev–Trinajstić information content (AvgIpc) is 2.28. The van der Waals surface area contributed by atoms with Gasteiger partial charge in [-0.05, 0) is 5.92 Å². The molecule has 0 saturated carbocycles. The van der Waals surface area contributed by atoms with Crippen LogP contribution in [0.3, 0.4) is 0 Å². The van der Waals surface area contributed by atoms with Crippen LogP contribution < -0.4 is 11.2 Å². The number of nitrogens with one attached hydrogen (secondary N) is 1. The molecule has 0 aromatic heterocycles. The Kier molecular flexibility index (Phi) is 5.01. The molecular formula is C10H21N3O2. The SMILES string of the molecule is CC[C@@H](C)[C@H](N)C(=O)NN1CCOCC1. The van der Waals surface area contributed by atoms with Gasteiger partial charge in [0.15, 0.2) is 0 Å². The lowest BCUT2D eigenvalue weighted by atomic mass is 10.00. The highest BCUT2D eigenvalue weighted by molar-refractivity contribution is 5.81. The van der Waals surface area contributed by atoms with Crippen LogP contribution in [-0.2, 0) is 9.53 Å². The molecule has 15 heavy (non-hydrogen) atoms. The average molecular weight is 215 g/mol. The third-order valence-electron chi connectivity index (χ3n) is 2.84. The summed E-state index contributed by atoms with van der Waals surface area (Å²) in [4.78, 5) is 11.7. The molecule has 1 aliphatic rings. The predicted molar refractivity (Wildman–Crippen MR) is 58.0 cm³/mol. The summed E-state index contributed by atoms with van der Waals surface area (Å²) in [7, 11) is 0. The molecule has 0 spiro atoms. The summed E-state index contributed by atoms with van der Waals surface area (Å²) < 4.78 is 5.19. The zero-order valence-electron chi connectivity index (χ0n) is 9.53. The largest absolute Gasteiger partial charge is 0.379 e. The van der Waals surface area contributed by atoms with Crippen molar-refractivity contribution in [2.45, 2.75) is 26.3 Å². The number of carbonyl (C=O) groups is 1. The van der Waals surface area contributed by atoms with Gasteiger partial charge in [-0.15, -0.1) is 0 Å². The Labute approximate surface area is 90.9 Å². The second-order valence-corrected chi connectivity index (χ2v) is 3.99. The quantitative estimate of drug-likeness (QED) is 0.677. The maximum absolute atomic E-state index is 11.7. The van der Waals surface area contributed by atoms with Crippen LogP contribution in [0.5, 0.6) is 0 Å². The number of rotatable bonds is 4. The first kappa shape index (κ1) is 12.4. The van der Waals surface area contributed by atoms with Crippen LogP contribution >= 0.6 is 0 Å². The normalized spacial score (nSPS) is 22.1. The number of hydrogen-bond donors (Lipinski definition) is 2. The van der Waals surface area contributed by atoms with E-state index in [2.05, 4.69) is 5.43 Å². The molecule has 1 rings (SSSR count). The molecule has 0 aromatic rings. The molecule has 5 nitrogen and oxygen atoms in total. The van der Waals surface area contributed by atoms with E-state index in [0.29, 0.717) is 13.2 Å². The first-order valence-corrected chi connectivity index (χ1v) is 5.54. The van der Waals surface area contributed by atoms with Crippen LogP contribution in [0.1, 0.15) is 20.3 Å². The molecule has 1 aliphatic heterocycles. The maximum atomic E-state index is 11.7. The van der Waals surface area contributed by atoms with E-state index in [0.717, 1.165) is 19.5 Å². The van der Waals surface area contributed by atoms with E-state index in [1.165, 1.54) is 0 Å². The summed E-state index contributed by atoms with van der Waals surface area (Å²) in [6.07, 6.45) is 0.914. The third kappa shape index (κ3) is 3.77. The molecule has 2 atom stereocenters. The lowest BCUT2D eigenvalue weighted by molar-refractivity contribution is -0.130. The highest BCUT2D eigenvalue weighted by Crippen LogP contribution is 2.05. The molecule has 0 aromatic carbocycles. The Morgan fingerprint density at radius 1 is 1.53 bits per heavy atom. The van der Waals surface area contributed by atoms with Gasteiger partial charge in [0.1, 0.15) is 0 Å². The fraction of sp³-hybridized carbons (Fsp3) is 0.900. The molecule has 3 N–H and O–H groups in total. The minimum Gasteiger partial charge on any atom is -0.379 e. The number of amides is 1. The van der Waals surface area contributed by atoms with Crippen molar-refractivity contribution in [3.05, 3.63) is 0 Å². The second-order valence-electron chi connectivity index (χ2n) is 3.99. The lowest BCUT2D eigenvalue weighted by Gasteiger charge is -2.29. The van der Waals surface area contributed by atoms with Gasteiger partial charge >= 0.3 is 0 Å². The number of morpholine rings is 1. The van der Waals surface area contributed by atoms with Gasteiger partial charge in [-0.25, -0.2) is 5.01 Å². The molecule has 0 aliphatic carbocycles. The van der Waals surface area contributed by atoms with Crippen molar-refractivity contribution >= 4 is 5.91 Å². The van der Waals surface area contributed by atoms with E-state index in [4.69, 9.17) is 10.5 Å². The minimum absolute atomic E-state index is 0.0914. The molecule has 1 heterocycles. The van der Waals surface area contributed by atoms with Gasteiger partial charge in [0.05, 0.1) is 19.3 Å². The first-order valence-electron chi connectivity index (χ1n) is 5.54. The number of carbonyl (C=O) groups excluding carboxylic acids is 1. The molecule has 5 heteroatoms. The van der Waals surface area contributed by atoms with E-state index in [1.807, 2.05) is 18.9 Å². The van der Waals surface area contributed by atoms with E-state index >= 15 is 0 Å². The van der Waals surface area contributed by atoms with E-state index in [9.17, 15) is 4.79 Å². The molecule has 0 radical (unpaired) electrons. The highest BCUT2D eigenvalue weighted by atomic mass is 16.5. The Morgan fingerprint density at radius 3 is 2.67 bits per heavy atom. The van der Waals surface area contributed by atoms with Crippen LogP contribution in [0, 0.1) is 5.92 Å². The molecule has 1 amide bonds. The summed E-state index contributed by atoms with van der Waals surface area (Å²) in [5.41, 5.74) is 8.64. The maximum Gasteiger partial charge on any atom is 0.251 e. The van der Waals surface area contributed by atoms with Crippen molar-refractivity contribution in [1.29, 1.82) is 0 Å². The van der Waals surface area contributed by atoms with Crippen molar-refractivity contribution in [2.75, 3.05) is 26.3 Å². The number of nitrogens with zero attached hydrogens (tertiary/aromatic N) is 1. The summed E-state index contributed by atoms with van der Waals surface area (Å²) in [6, 6.07) is -0.419. The molecule has 1 fully saturated rings. The Hall–Kier alpha value is -0.650. The van der Waals surface area contributed by atoms with Crippen LogP contribution in [-0.4, -0.2) is 43.3 Å². The Bertz CT molecular complexity index is 205. The van der Waals surface area contributed by atoms with Gasteiger partial charge in [0.2, 0.25) is 0 Å². The van der Waals surface area contributed by atoms with Crippen LogP contribution in [0.2, 0.25) is 0 Å². The van der Waals surface area contributed by atoms with Crippen molar-refractivity contribution in [1.82, 2.24) is 10.4 Å². The smallest absolute Gasteiger partial charge is 0.251 e. The monoisotopic (exact) mass is 215 g/mol. The standard InChI is InChI=1S/C10H21N3O2/c1-3-8(2)9(11)10(14)12-13-4-6-15-7-5-13/h8-9H,3-7,11H2,1-2H3,(H,12,14)/t8-,9+/m1/s1. The summed E-state index contributed by atoms with van der Waals surface area (Å²) in [5, 5.41) is 1.87. The van der Waals surface area contributed by atoms with Gasteiger partial charge < -0.3 is 10.5 Å². The van der Waals surface area contributed by atoms with Gasteiger partial charge in [-0.3, -0.25) is 10.2 Å². The molecule has 0 unspecified atom stereocenters. The van der Waals surface area contributed by atoms with Gasteiger partial charge in [0, 0.05) is 13.1 Å². The summed E-state index contributed by atoms with van der Waals surface area (Å²) in [5.74, 6) is 0.122. The van der Waals surface area contributed by atoms with Crippen LogP contribution in [0.4, 0.5) is 0 Å². The third-order valence-corrected chi connectivity index (χ3v) is 2.84. The van der Waals surface area contributed by atoms with Crippen LogP contribution in [0.15, 0.2) is 0 Å². The zero-order chi connectivity index (χ0) is 11.3.